The summed E-state index contributed by atoms with van der Waals surface area (Å²) in [6.07, 6.45) is 8.30. The number of unbranched alkanes of at least 4 members (excludes halogenated alkanes) is 2. The van der Waals surface area contributed by atoms with Crippen LogP contribution in [0.5, 0.6) is 0 Å². The van der Waals surface area contributed by atoms with Gasteiger partial charge in [0, 0.05) is 25.8 Å². The van der Waals surface area contributed by atoms with E-state index in [4.69, 9.17) is 18.9 Å². The first kappa shape index (κ1) is 29.2. The highest BCUT2D eigenvalue weighted by atomic mass is 16.8. The van der Waals surface area contributed by atoms with Crippen LogP contribution in [-0.4, -0.2) is 36.6 Å². The van der Waals surface area contributed by atoms with Gasteiger partial charge in [-0.1, -0.05) is 58.4 Å². The van der Waals surface area contributed by atoms with Crippen LogP contribution in [-0.2, 0) is 33.3 Å². The Morgan fingerprint density at radius 3 is 2.46 bits per heavy atom. The van der Waals surface area contributed by atoms with Crippen molar-refractivity contribution in [1.29, 1.82) is 0 Å². The standard InChI is InChI=1S/C30H44O7/c1-8-10-11-12-26(33)36-23-17-24-27(34-21(5)31)37-28(35-22(6)32)30(24)16-14-20(4)29(7,25(30)18-23)15-13-19(3)9-2/h9,17,20,23,25,27-28H,2-3,8,10-16,18H2,1,4-7H3/t20-,23+,25+,27+,28-,29-,30-/m0/s1. The third-order valence-corrected chi connectivity index (χ3v) is 8.91. The quantitative estimate of drug-likeness (QED) is 0.107. The maximum atomic E-state index is 12.7. The lowest BCUT2D eigenvalue weighted by Gasteiger charge is -2.58. The first-order chi connectivity index (χ1) is 17.5. The Morgan fingerprint density at radius 2 is 1.84 bits per heavy atom. The van der Waals surface area contributed by atoms with Gasteiger partial charge in [0.2, 0.25) is 12.6 Å². The lowest BCUT2D eigenvalue weighted by molar-refractivity contribution is -0.236. The van der Waals surface area contributed by atoms with Crippen LogP contribution in [0.4, 0.5) is 0 Å². The zero-order valence-corrected chi connectivity index (χ0v) is 23.2. The van der Waals surface area contributed by atoms with E-state index in [1.165, 1.54) is 13.8 Å². The molecule has 0 amide bonds. The Morgan fingerprint density at radius 1 is 1.14 bits per heavy atom. The minimum absolute atomic E-state index is 0.0419. The number of esters is 3. The fourth-order valence-corrected chi connectivity index (χ4v) is 6.70. The highest BCUT2D eigenvalue weighted by molar-refractivity contribution is 5.70. The highest BCUT2D eigenvalue weighted by Gasteiger charge is 2.67. The minimum atomic E-state index is -0.994. The van der Waals surface area contributed by atoms with Gasteiger partial charge in [-0.2, -0.15) is 0 Å². The van der Waals surface area contributed by atoms with Gasteiger partial charge in [0.1, 0.15) is 6.10 Å². The maximum absolute atomic E-state index is 12.7. The summed E-state index contributed by atoms with van der Waals surface area (Å²) in [5.41, 5.74) is 0.838. The zero-order valence-electron chi connectivity index (χ0n) is 23.2. The van der Waals surface area contributed by atoms with Crippen LogP contribution >= 0.6 is 0 Å². The van der Waals surface area contributed by atoms with Crippen molar-refractivity contribution in [2.45, 2.75) is 111 Å². The molecule has 1 saturated heterocycles. The molecule has 2 fully saturated rings. The minimum Gasteiger partial charge on any atom is -0.458 e. The summed E-state index contributed by atoms with van der Waals surface area (Å²) in [4.78, 5) is 36.9. The Kier molecular flexibility index (Phi) is 9.43. The van der Waals surface area contributed by atoms with Crippen LogP contribution in [0.25, 0.3) is 0 Å². The molecule has 3 rings (SSSR count). The molecule has 1 heterocycles. The molecule has 0 radical (unpaired) electrons. The highest BCUT2D eigenvalue weighted by Crippen LogP contribution is 2.67. The van der Waals surface area contributed by atoms with Gasteiger partial charge in [0.15, 0.2) is 0 Å². The normalized spacial score (nSPS) is 34.4. The number of carbonyl (C=O) groups excluding carboxylic acids is 3. The van der Waals surface area contributed by atoms with Crippen molar-refractivity contribution in [3.05, 3.63) is 36.5 Å². The lowest BCUT2D eigenvalue weighted by atomic mass is 9.46. The predicted octanol–water partition coefficient (Wildman–Crippen LogP) is 6.18. The van der Waals surface area contributed by atoms with Gasteiger partial charge in [-0.15, -0.1) is 0 Å². The van der Waals surface area contributed by atoms with Gasteiger partial charge in [-0.05, 0) is 61.9 Å². The molecule has 1 saturated carbocycles. The number of carbonyl (C=O) groups is 3. The van der Waals surface area contributed by atoms with Gasteiger partial charge >= 0.3 is 17.9 Å². The molecule has 7 heteroatoms. The average molecular weight is 517 g/mol. The Hall–Kier alpha value is -2.41. The fourth-order valence-electron chi connectivity index (χ4n) is 6.70. The van der Waals surface area contributed by atoms with Crippen LogP contribution in [0.1, 0.15) is 92.4 Å². The summed E-state index contributed by atoms with van der Waals surface area (Å²) >= 11 is 0. The van der Waals surface area contributed by atoms with E-state index in [9.17, 15) is 14.4 Å². The molecule has 7 nitrogen and oxygen atoms in total. The molecule has 0 unspecified atom stereocenters. The van der Waals surface area contributed by atoms with Gasteiger partial charge in [0.25, 0.3) is 0 Å². The SMILES string of the molecule is C=CC(=C)CC[C@]1(C)[C@H]2C[C@H](OC(=O)CCCCC)C=C3[C@H](OC(C)=O)O[C@H](OC(C)=O)[C@@]32CC[C@@H]1C. The van der Waals surface area contributed by atoms with Crippen molar-refractivity contribution in [2.24, 2.45) is 22.7 Å². The molecule has 37 heavy (non-hydrogen) atoms. The van der Waals surface area contributed by atoms with E-state index in [1.807, 2.05) is 6.08 Å². The number of allylic oxidation sites excluding steroid dienone is 2. The van der Waals surface area contributed by atoms with Gasteiger partial charge in [0.05, 0.1) is 5.41 Å². The Labute approximate surface area is 221 Å². The molecule has 206 valence electrons. The molecular formula is C30H44O7. The zero-order chi connectivity index (χ0) is 27.4. The molecule has 0 aromatic heterocycles. The monoisotopic (exact) mass is 516 g/mol. The lowest BCUT2D eigenvalue weighted by Crippen LogP contribution is -2.57. The summed E-state index contributed by atoms with van der Waals surface area (Å²) in [7, 11) is 0. The van der Waals surface area contributed by atoms with E-state index < -0.39 is 36.0 Å². The molecule has 0 aromatic rings. The molecular weight excluding hydrogens is 472 g/mol. The largest absolute Gasteiger partial charge is 0.458 e. The fraction of sp³-hybridized carbons (Fsp3) is 0.700. The summed E-state index contributed by atoms with van der Waals surface area (Å²) in [5.74, 6) is -0.862. The van der Waals surface area contributed by atoms with Crippen molar-refractivity contribution in [2.75, 3.05) is 0 Å². The first-order valence-corrected chi connectivity index (χ1v) is 13.7. The molecule has 2 aliphatic carbocycles. The van der Waals surface area contributed by atoms with Crippen LogP contribution < -0.4 is 0 Å². The number of hydrogen-bond acceptors (Lipinski definition) is 7. The predicted molar refractivity (Wildman–Crippen MR) is 140 cm³/mol. The number of rotatable bonds is 11. The third kappa shape index (κ3) is 6.02. The van der Waals surface area contributed by atoms with Crippen molar-refractivity contribution < 1.29 is 33.3 Å². The van der Waals surface area contributed by atoms with E-state index in [0.29, 0.717) is 18.8 Å². The molecule has 3 aliphatic rings. The Bertz CT molecular complexity index is 936. The summed E-state index contributed by atoms with van der Waals surface area (Å²) in [6.45, 7) is 17.3. The topological polar surface area (TPSA) is 88.1 Å². The summed E-state index contributed by atoms with van der Waals surface area (Å²) in [5, 5.41) is 0. The second-order valence-corrected chi connectivity index (χ2v) is 11.3. The molecule has 0 bridgehead atoms. The van der Waals surface area contributed by atoms with Crippen molar-refractivity contribution in [3.8, 4) is 0 Å². The maximum Gasteiger partial charge on any atom is 0.306 e. The van der Waals surface area contributed by atoms with E-state index in [0.717, 1.165) is 56.1 Å². The summed E-state index contributed by atoms with van der Waals surface area (Å²) in [6, 6.07) is 0. The average Bonchev–Trinajstić information content (AvgIpc) is 3.11. The van der Waals surface area contributed by atoms with Crippen molar-refractivity contribution in [1.82, 2.24) is 0 Å². The van der Waals surface area contributed by atoms with Gasteiger partial charge in [-0.25, -0.2) is 0 Å². The van der Waals surface area contributed by atoms with Crippen LogP contribution in [0.3, 0.4) is 0 Å². The van der Waals surface area contributed by atoms with Crippen LogP contribution in [0.2, 0.25) is 0 Å². The van der Waals surface area contributed by atoms with Crippen LogP contribution in [0.15, 0.2) is 36.5 Å². The van der Waals surface area contributed by atoms with E-state index >= 15 is 0 Å². The molecule has 1 spiro atoms. The van der Waals surface area contributed by atoms with E-state index in [-0.39, 0.29) is 17.3 Å². The van der Waals surface area contributed by atoms with Gasteiger partial charge < -0.3 is 14.2 Å². The van der Waals surface area contributed by atoms with E-state index in [2.05, 4.69) is 33.9 Å². The van der Waals surface area contributed by atoms with Crippen molar-refractivity contribution in [3.63, 3.8) is 0 Å². The van der Waals surface area contributed by atoms with Gasteiger partial charge in [-0.3, -0.25) is 19.1 Å². The first-order valence-electron chi connectivity index (χ1n) is 13.7. The van der Waals surface area contributed by atoms with E-state index in [1.54, 1.807) is 6.08 Å². The second kappa shape index (κ2) is 12.0. The van der Waals surface area contributed by atoms with Crippen molar-refractivity contribution >= 4 is 17.9 Å². The molecule has 0 aromatic carbocycles. The third-order valence-electron chi connectivity index (χ3n) is 8.91. The second-order valence-electron chi connectivity index (χ2n) is 11.3. The molecule has 7 atom stereocenters. The van der Waals surface area contributed by atoms with Crippen LogP contribution in [0, 0.1) is 22.7 Å². The molecule has 0 N–H and O–H groups in total. The molecule has 1 aliphatic heterocycles. The smallest absolute Gasteiger partial charge is 0.306 e. The summed E-state index contributed by atoms with van der Waals surface area (Å²) < 4.78 is 23.5. The Balaban J connectivity index is 2.06. The number of ether oxygens (including phenoxy) is 4. The number of hydrogen-bond donors (Lipinski definition) is 0.